The lowest BCUT2D eigenvalue weighted by Crippen LogP contribution is -2.41. The number of benzene rings is 1. The Labute approximate surface area is 196 Å². The Hall–Kier alpha value is -2.72. The van der Waals surface area contributed by atoms with Gasteiger partial charge in [0.2, 0.25) is 5.91 Å². The number of hydrogen-bond donors (Lipinski definition) is 2. The molecule has 2 aromatic rings. The monoisotopic (exact) mass is 471 g/mol. The van der Waals surface area contributed by atoms with Gasteiger partial charge in [0.1, 0.15) is 17.6 Å². The zero-order chi connectivity index (χ0) is 23.5. The number of nitriles is 1. The van der Waals surface area contributed by atoms with Crippen molar-refractivity contribution in [1.29, 1.82) is 5.26 Å². The van der Waals surface area contributed by atoms with E-state index in [9.17, 15) is 24.0 Å². The molecule has 0 saturated heterocycles. The largest absolute Gasteiger partial charge is 0.352 e. The minimum atomic E-state index is -0.750. The summed E-state index contributed by atoms with van der Waals surface area (Å²) in [6.45, 7) is 0. The summed E-state index contributed by atoms with van der Waals surface area (Å²) < 4.78 is 13.7. The van der Waals surface area contributed by atoms with Gasteiger partial charge in [-0.15, -0.1) is 0 Å². The van der Waals surface area contributed by atoms with Gasteiger partial charge in [-0.2, -0.15) is 5.26 Å². The summed E-state index contributed by atoms with van der Waals surface area (Å²) in [5.74, 6) is -1.32. The zero-order valence-electron chi connectivity index (χ0n) is 18.3. The number of fused-ring (bicyclic) bond motifs is 1. The van der Waals surface area contributed by atoms with Gasteiger partial charge < -0.3 is 10.3 Å². The molecule has 0 bridgehead atoms. The maximum Gasteiger partial charge on any atom is 0.224 e. The number of hydrogen-bond acceptors (Lipinski definition) is 4. The molecule has 1 heterocycles. The quantitative estimate of drug-likeness (QED) is 0.496. The predicted molar refractivity (Wildman–Crippen MR) is 122 cm³/mol. The Balaban J connectivity index is 1.43. The van der Waals surface area contributed by atoms with Gasteiger partial charge in [-0.05, 0) is 49.8 Å². The highest BCUT2D eigenvalue weighted by atomic mass is 35.5. The van der Waals surface area contributed by atoms with Gasteiger partial charge in [0, 0.05) is 35.6 Å². The van der Waals surface area contributed by atoms with E-state index in [0.717, 1.165) is 32.1 Å². The Morgan fingerprint density at radius 1 is 1.21 bits per heavy atom. The van der Waals surface area contributed by atoms with Crippen molar-refractivity contribution in [2.45, 2.75) is 63.8 Å². The first-order valence-corrected chi connectivity index (χ1v) is 12.0. The first-order valence-electron chi connectivity index (χ1n) is 11.6. The van der Waals surface area contributed by atoms with E-state index < -0.39 is 17.8 Å². The number of ketones is 2. The zero-order valence-corrected chi connectivity index (χ0v) is 19.1. The van der Waals surface area contributed by atoms with Crippen molar-refractivity contribution in [2.75, 3.05) is 0 Å². The van der Waals surface area contributed by atoms with Crippen molar-refractivity contribution in [2.24, 2.45) is 17.8 Å². The van der Waals surface area contributed by atoms with Crippen molar-refractivity contribution in [1.82, 2.24) is 10.3 Å². The normalized spacial score (nSPS) is 20.3. The first-order chi connectivity index (χ1) is 15.8. The lowest BCUT2D eigenvalue weighted by Gasteiger charge is -2.24. The minimum Gasteiger partial charge on any atom is -0.352 e. The number of carbonyl (C=O) groups is 3. The average Bonchev–Trinajstić information content (AvgIpc) is 3.52. The second-order valence-corrected chi connectivity index (χ2v) is 9.78. The highest BCUT2D eigenvalue weighted by Crippen LogP contribution is 2.37. The molecular formula is C25H27ClFN3O3. The molecule has 1 aromatic heterocycles. The fourth-order valence-electron chi connectivity index (χ4n) is 4.67. The van der Waals surface area contributed by atoms with E-state index in [1.54, 1.807) is 6.07 Å². The second-order valence-electron chi connectivity index (χ2n) is 9.37. The van der Waals surface area contributed by atoms with E-state index in [-0.39, 0.29) is 34.8 Å². The van der Waals surface area contributed by atoms with Gasteiger partial charge in [0.25, 0.3) is 0 Å². The van der Waals surface area contributed by atoms with Crippen LogP contribution in [0.25, 0.3) is 10.9 Å². The summed E-state index contributed by atoms with van der Waals surface area (Å²) in [5, 5.41) is 12.8. The van der Waals surface area contributed by atoms with E-state index in [4.69, 9.17) is 11.6 Å². The number of nitrogens with zero attached hydrogens (tertiary/aromatic N) is 1. The van der Waals surface area contributed by atoms with Gasteiger partial charge in [-0.25, -0.2) is 4.39 Å². The van der Waals surface area contributed by atoms with Crippen LogP contribution < -0.4 is 5.32 Å². The molecule has 0 radical (unpaired) electrons. The summed E-state index contributed by atoms with van der Waals surface area (Å²) in [6, 6.07) is 5.63. The van der Waals surface area contributed by atoms with E-state index in [1.165, 1.54) is 12.1 Å². The molecule has 4 rings (SSSR count). The molecule has 3 atom stereocenters. The number of nitrogens with one attached hydrogen (secondary N) is 2. The molecule has 33 heavy (non-hydrogen) atoms. The second kappa shape index (κ2) is 10.0. The molecule has 2 aliphatic rings. The standard InChI is InChI=1S/C25H27ClFN3O3/c26-19-12-21-16(9-20(19)27)10-22(30-21)24(32)11-17(7-14-5-6-14)25(33)29-18(13-28)8-15-3-1-2-4-23(15)31/h9-10,12,14-15,17-18,30H,1-8,11H2,(H,29,33)/t15-,17+,18-/m0/s1. The van der Waals surface area contributed by atoms with Crippen molar-refractivity contribution in [3.63, 3.8) is 0 Å². The third-order valence-electron chi connectivity index (χ3n) is 6.75. The van der Waals surface area contributed by atoms with Gasteiger partial charge in [-0.3, -0.25) is 14.4 Å². The molecule has 2 fully saturated rings. The van der Waals surface area contributed by atoms with Crippen molar-refractivity contribution in [3.05, 3.63) is 34.7 Å². The Bertz CT molecular complexity index is 1080. The predicted octanol–water partition coefficient (Wildman–Crippen LogP) is 5.11. The van der Waals surface area contributed by atoms with Gasteiger partial charge in [-0.1, -0.05) is 30.9 Å². The number of Topliss-reactive ketones (excluding diaryl/α,β-unsaturated/α-hetero) is 2. The molecule has 2 saturated carbocycles. The van der Waals surface area contributed by atoms with Crippen LogP contribution in [0.3, 0.4) is 0 Å². The SMILES string of the molecule is N#C[C@H](C[C@@H]1CCCCC1=O)NC(=O)[C@@H](CC(=O)c1cc2cc(F)c(Cl)cc2[nH]1)CC1CC1. The smallest absolute Gasteiger partial charge is 0.224 e. The molecule has 174 valence electrons. The van der Waals surface area contributed by atoms with Crippen molar-refractivity contribution >= 4 is 40.0 Å². The summed E-state index contributed by atoms with van der Waals surface area (Å²) in [6.07, 6.45) is 6.08. The molecular weight excluding hydrogens is 445 g/mol. The van der Waals surface area contributed by atoms with E-state index in [0.29, 0.717) is 41.8 Å². The molecule has 0 spiro atoms. The maximum atomic E-state index is 13.7. The Kier molecular flexibility index (Phi) is 7.14. The van der Waals surface area contributed by atoms with Crippen LogP contribution in [-0.2, 0) is 9.59 Å². The molecule has 0 aliphatic heterocycles. The first kappa shape index (κ1) is 23.4. The van der Waals surface area contributed by atoms with Gasteiger partial charge >= 0.3 is 0 Å². The third-order valence-corrected chi connectivity index (χ3v) is 7.04. The van der Waals surface area contributed by atoms with Gasteiger partial charge in [0.15, 0.2) is 5.78 Å². The molecule has 8 heteroatoms. The lowest BCUT2D eigenvalue weighted by atomic mass is 9.83. The Morgan fingerprint density at radius 2 is 2.00 bits per heavy atom. The van der Waals surface area contributed by atoms with E-state index in [2.05, 4.69) is 16.4 Å². The highest BCUT2D eigenvalue weighted by Gasteiger charge is 2.33. The summed E-state index contributed by atoms with van der Waals surface area (Å²) in [5.41, 5.74) is 0.847. The van der Waals surface area contributed by atoms with Crippen LogP contribution in [0, 0.1) is 34.9 Å². The summed E-state index contributed by atoms with van der Waals surface area (Å²) in [7, 11) is 0. The van der Waals surface area contributed by atoms with Crippen LogP contribution in [0.2, 0.25) is 5.02 Å². The maximum absolute atomic E-state index is 13.7. The van der Waals surface area contributed by atoms with Gasteiger partial charge in [0.05, 0.1) is 16.8 Å². The average molecular weight is 472 g/mol. The van der Waals surface area contributed by atoms with Crippen LogP contribution in [0.15, 0.2) is 18.2 Å². The van der Waals surface area contributed by atoms with Crippen LogP contribution in [0.5, 0.6) is 0 Å². The number of H-pyrrole nitrogens is 1. The van der Waals surface area contributed by atoms with Crippen LogP contribution in [0.1, 0.15) is 68.3 Å². The van der Waals surface area contributed by atoms with E-state index >= 15 is 0 Å². The number of carbonyl (C=O) groups excluding carboxylic acids is 3. The molecule has 2 N–H and O–H groups in total. The number of halogens is 2. The summed E-state index contributed by atoms with van der Waals surface area (Å²) in [4.78, 5) is 41.1. The molecule has 0 unspecified atom stereocenters. The fourth-order valence-corrected chi connectivity index (χ4v) is 4.84. The van der Waals surface area contributed by atoms with Crippen LogP contribution in [-0.4, -0.2) is 28.5 Å². The number of amides is 1. The number of aromatic amines is 1. The highest BCUT2D eigenvalue weighted by molar-refractivity contribution is 6.31. The summed E-state index contributed by atoms with van der Waals surface area (Å²) >= 11 is 5.83. The minimum absolute atomic E-state index is 0.00806. The Morgan fingerprint density at radius 3 is 2.70 bits per heavy atom. The van der Waals surface area contributed by atoms with Crippen molar-refractivity contribution < 1.29 is 18.8 Å². The number of rotatable bonds is 9. The van der Waals surface area contributed by atoms with Crippen LogP contribution in [0.4, 0.5) is 4.39 Å². The topological polar surface area (TPSA) is 103 Å². The third kappa shape index (κ3) is 5.80. The molecule has 1 amide bonds. The van der Waals surface area contributed by atoms with Crippen LogP contribution >= 0.6 is 11.6 Å². The lowest BCUT2D eigenvalue weighted by molar-refractivity contribution is -0.127. The van der Waals surface area contributed by atoms with E-state index in [1.807, 2.05) is 0 Å². The fraction of sp³-hybridized carbons (Fsp3) is 0.520. The molecule has 1 aromatic carbocycles. The number of aromatic nitrogens is 1. The van der Waals surface area contributed by atoms with Crippen molar-refractivity contribution in [3.8, 4) is 6.07 Å². The molecule has 2 aliphatic carbocycles. The molecule has 6 nitrogen and oxygen atoms in total.